The highest BCUT2D eigenvalue weighted by Gasteiger charge is 2.37. The standard InChI is InChI=1S/C18H18Cl2N2O/c19-15-3-1-4-16(20)14(15)11-21-8-12-7-13(10-21)17-5-2-6-18(23)22(17)9-12/h1-6,12-13H,7-11H2/p+1/t12-,13+/m1/s1. The van der Waals surface area contributed by atoms with Gasteiger partial charge in [-0.25, -0.2) is 0 Å². The van der Waals surface area contributed by atoms with E-state index in [-0.39, 0.29) is 5.56 Å². The molecule has 1 fully saturated rings. The molecule has 1 unspecified atom stereocenters. The summed E-state index contributed by atoms with van der Waals surface area (Å²) in [6, 6.07) is 11.3. The Kier molecular flexibility index (Phi) is 3.96. The van der Waals surface area contributed by atoms with E-state index in [9.17, 15) is 4.79 Å². The molecule has 0 amide bonds. The molecule has 3 heterocycles. The summed E-state index contributed by atoms with van der Waals surface area (Å²) in [6.07, 6.45) is 1.18. The second-order valence-electron chi connectivity index (χ2n) is 6.73. The number of nitrogens with one attached hydrogen (secondary N) is 1. The van der Waals surface area contributed by atoms with E-state index in [2.05, 4.69) is 6.07 Å². The van der Waals surface area contributed by atoms with Gasteiger partial charge in [0.2, 0.25) is 0 Å². The molecule has 1 aromatic carbocycles. The first-order valence-corrected chi connectivity index (χ1v) is 8.83. The lowest BCUT2D eigenvalue weighted by Crippen LogP contribution is -3.13. The minimum absolute atomic E-state index is 0.134. The Hall–Kier alpha value is -1.29. The normalized spacial score (nSPS) is 25.9. The van der Waals surface area contributed by atoms with E-state index < -0.39 is 0 Å². The Morgan fingerprint density at radius 3 is 2.61 bits per heavy atom. The third-order valence-corrected chi connectivity index (χ3v) is 5.87. The number of hydrogen-bond acceptors (Lipinski definition) is 1. The summed E-state index contributed by atoms with van der Waals surface area (Å²) in [5, 5.41) is 1.50. The summed E-state index contributed by atoms with van der Waals surface area (Å²) in [5.41, 5.74) is 2.36. The van der Waals surface area contributed by atoms with Gasteiger partial charge in [-0.3, -0.25) is 4.79 Å². The van der Waals surface area contributed by atoms with E-state index in [0.717, 1.165) is 41.8 Å². The molecule has 2 bridgehead atoms. The Morgan fingerprint density at radius 2 is 1.83 bits per heavy atom. The number of piperidine rings is 1. The third kappa shape index (κ3) is 2.82. The number of quaternary nitrogens is 1. The number of halogens is 2. The van der Waals surface area contributed by atoms with E-state index in [4.69, 9.17) is 23.2 Å². The van der Waals surface area contributed by atoms with Crippen molar-refractivity contribution in [1.82, 2.24) is 4.57 Å². The highest BCUT2D eigenvalue weighted by Crippen LogP contribution is 2.30. The molecule has 1 saturated heterocycles. The topological polar surface area (TPSA) is 26.4 Å². The van der Waals surface area contributed by atoms with Crippen LogP contribution in [0.2, 0.25) is 10.0 Å². The number of likely N-dealkylation sites (tertiary alicyclic amines) is 1. The van der Waals surface area contributed by atoms with Gasteiger partial charge < -0.3 is 9.47 Å². The molecule has 2 aliphatic rings. The third-order valence-electron chi connectivity index (χ3n) is 5.16. The number of nitrogens with zero attached hydrogens (tertiary/aromatic N) is 1. The summed E-state index contributed by atoms with van der Waals surface area (Å²) in [7, 11) is 0. The minimum atomic E-state index is 0.134. The molecule has 3 nitrogen and oxygen atoms in total. The van der Waals surface area contributed by atoms with E-state index in [1.807, 2.05) is 28.8 Å². The number of rotatable bonds is 2. The summed E-state index contributed by atoms with van der Waals surface area (Å²) < 4.78 is 1.97. The molecule has 5 heteroatoms. The zero-order valence-electron chi connectivity index (χ0n) is 12.8. The summed E-state index contributed by atoms with van der Waals surface area (Å²) >= 11 is 12.7. The van der Waals surface area contributed by atoms with Crippen molar-refractivity contribution in [2.45, 2.75) is 25.4 Å². The van der Waals surface area contributed by atoms with Gasteiger partial charge in [0.05, 0.1) is 23.1 Å². The van der Waals surface area contributed by atoms with Crippen LogP contribution in [0.1, 0.15) is 23.6 Å². The summed E-state index contributed by atoms with van der Waals surface area (Å²) in [4.78, 5) is 13.6. The minimum Gasteiger partial charge on any atom is -0.330 e. The molecule has 0 aliphatic carbocycles. The molecule has 3 atom stereocenters. The van der Waals surface area contributed by atoms with Gasteiger partial charge in [-0.15, -0.1) is 0 Å². The first-order chi connectivity index (χ1) is 11.1. The second-order valence-corrected chi connectivity index (χ2v) is 7.55. The number of benzene rings is 1. The predicted molar refractivity (Wildman–Crippen MR) is 92.4 cm³/mol. The Morgan fingerprint density at radius 1 is 1.09 bits per heavy atom. The molecule has 23 heavy (non-hydrogen) atoms. The number of fused-ring (bicyclic) bond motifs is 4. The van der Waals surface area contributed by atoms with Gasteiger partial charge >= 0.3 is 0 Å². The van der Waals surface area contributed by atoms with Crippen molar-refractivity contribution in [3.05, 3.63) is 68.1 Å². The van der Waals surface area contributed by atoms with Crippen LogP contribution in [0.25, 0.3) is 0 Å². The van der Waals surface area contributed by atoms with Crippen LogP contribution >= 0.6 is 23.2 Å². The number of hydrogen-bond donors (Lipinski definition) is 1. The lowest BCUT2D eigenvalue weighted by Gasteiger charge is -2.40. The Balaban J connectivity index is 1.60. The van der Waals surface area contributed by atoms with Crippen LogP contribution in [0.4, 0.5) is 0 Å². The SMILES string of the molecule is O=c1cccc2n1C[C@@H]1C[C@H]2C[NH+](Cc2c(Cl)cccc2Cl)C1. The predicted octanol–water partition coefficient (Wildman–Crippen LogP) is 2.36. The highest BCUT2D eigenvalue weighted by molar-refractivity contribution is 6.35. The van der Waals surface area contributed by atoms with Gasteiger partial charge in [-0.2, -0.15) is 0 Å². The maximum Gasteiger partial charge on any atom is 0.250 e. The molecule has 0 saturated carbocycles. The van der Waals surface area contributed by atoms with E-state index >= 15 is 0 Å². The number of aromatic nitrogens is 1. The van der Waals surface area contributed by atoms with Gasteiger partial charge in [0.1, 0.15) is 6.54 Å². The molecule has 1 N–H and O–H groups in total. The average Bonchev–Trinajstić information content (AvgIpc) is 2.52. The van der Waals surface area contributed by atoms with Gasteiger partial charge in [0, 0.05) is 35.7 Å². The van der Waals surface area contributed by atoms with Crippen LogP contribution in [-0.2, 0) is 13.1 Å². The van der Waals surface area contributed by atoms with Gasteiger partial charge in [-0.1, -0.05) is 35.3 Å². The molecule has 2 aliphatic heterocycles. The van der Waals surface area contributed by atoms with Gasteiger partial charge in [0.25, 0.3) is 5.56 Å². The Bertz CT molecular complexity index is 782. The average molecular weight is 350 g/mol. The fourth-order valence-corrected chi connectivity index (χ4v) is 4.75. The monoisotopic (exact) mass is 349 g/mol. The first kappa shape index (κ1) is 15.3. The van der Waals surface area contributed by atoms with Crippen LogP contribution in [0.3, 0.4) is 0 Å². The van der Waals surface area contributed by atoms with Crippen molar-refractivity contribution in [2.75, 3.05) is 13.1 Å². The molecule has 0 spiro atoms. The molecule has 4 rings (SSSR count). The largest absolute Gasteiger partial charge is 0.330 e. The van der Waals surface area contributed by atoms with Crippen LogP contribution in [0.15, 0.2) is 41.2 Å². The number of pyridine rings is 1. The highest BCUT2D eigenvalue weighted by atomic mass is 35.5. The molecular weight excluding hydrogens is 331 g/mol. The van der Waals surface area contributed by atoms with Crippen LogP contribution < -0.4 is 10.5 Å². The second kappa shape index (κ2) is 5.97. The fourth-order valence-electron chi connectivity index (χ4n) is 4.22. The van der Waals surface area contributed by atoms with E-state index in [1.54, 1.807) is 6.07 Å². The maximum atomic E-state index is 12.1. The van der Waals surface area contributed by atoms with Crippen molar-refractivity contribution in [3.63, 3.8) is 0 Å². The van der Waals surface area contributed by atoms with Crippen molar-refractivity contribution < 1.29 is 4.90 Å². The van der Waals surface area contributed by atoms with Crippen molar-refractivity contribution in [3.8, 4) is 0 Å². The van der Waals surface area contributed by atoms with Crippen molar-refractivity contribution in [2.24, 2.45) is 5.92 Å². The van der Waals surface area contributed by atoms with Crippen LogP contribution in [0.5, 0.6) is 0 Å². The zero-order valence-corrected chi connectivity index (χ0v) is 14.3. The smallest absolute Gasteiger partial charge is 0.250 e. The fraction of sp³-hybridized carbons (Fsp3) is 0.389. The van der Waals surface area contributed by atoms with Crippen LogP contribution in [0, 0.1) is 5.92 Å². The van der Waals surface area contributed by atoms with Crippen molar-refractivity contribution >= 4 is 23.2 Å². The molecule has 2 aromatic rings. The van der Waals surface area contributed by atoms with E-state index in [0.29, 0.717) is 11.8 Å². The zero-order chi connectivity index (χ0) is 16.0. The Labute approximate surface area is 145 Å². The van der Waals surface area contributed by atoms with Gasteiger partial charge in [0.15, 0.2) is 0 Å². The lowest BCUT2D eigenvalue weighted by atomic mass is 9.83. The lowest BCUT2D eigenvalue weighted by molar-refractivity contribution is -0.924. The maximum absolute atomic E-state index is 12.1. The van der Waals surface area contributed by atoms with E-state index in [1.165, 1.54) is 17.0 Å². The molecule has 0 radical (unpaired) electrons. The quantitative estimate of drug-likeness (QED) is 0.884. The van der Waals surface area contributed by atoms with Crippen molar-refractivity contribution in [1.29, 1.82) is 0 Å². The van der Waals surface area contributed by atoms with Crippen LogP contribution in [-0.4, -0.2) is 17.7 Å². The molecular formula is C18H19Cl2N2O+. The van der Waals surface area contributed by atoms with Gasteiger partial charge in [-0.05, 0) is 24.6 Å². The summed E-state index contributed by atoms with van der Waals surface area (Å²) in [5.74, 6) is 1.00. The molecule has 1 aromatic heterocycles. The summed E-state index contributed by atoms with van der Waals surface area (Å²) in [6.45, 7) is 3.79. The molecule has 120 valence electrons. The first-order valence-electron chi connectivity index (χ1n) is 8.08.